The van der Waals surface area contributed by atoms with Crippen molar-refractivity contribution in [3.63, 3.8) is 0 Å². The quantitative estimate of drug-likeness (QED) is 0.776. The highest BCUT2D eigenvalue weighted by Gasteiger charge is 2.12. The minimum absolute atomic E-state index is 0.278. The summed E-state index contributed by atoms with van der Waals surface area (Å²) in [6, 6.07) is 12.7. The maximum atomic E-state index is 13.1. The van der Waals surface area contributed by atoms with Crippen molar-refractivity contribution < 1.29 is 9.18 Å². The van der Waals surface area contributed by atoms with Crippen LogP contribution in [0.2, 0.25) is 0 Å². The molecular weight excluding hydrogens is 271 g/mol. The number of amides is 1. The molecule has 2 heterocycles. The van der Waals surface area contributed by atoms with Crippen LogP contribution in [0.4, 0.5) is 10.1 Å². The molecule has 2 aromatic heterocycles. The van der Waals surface area contributed by atoms with Crippen LogP contribution in [0.1, 0.15) is 10.5 Å². The van der Waals surface area contributed by atoms with Gasteiger partial charge in [-0.2, -0.15) is 5.10 Å². The number of aromatic amines is 1. The van der Waals surface area contributed by atoms with Gasteiger partial charge in [-0.25, -0.2) is 4.39 Å². The number of carbonyl (C=O) groups is 1. The summed E-state index contributed by atoms with van der Waals surface area (Å²) in [4.78, 5) is 16.2. The summed E-state index contributed by atoms with van der Waals surface area (Å²) in [6.45, 7) is 0. The van der Waals surface area contributed by atoms with Crippen LogP contribution in [-0.4, -0.2) is 21.1 Å². The van der Waals surface area contributed by atoms with Crippen LogP contribution >= 0.6 is 0 Å². The van der Waals surface area contributed by atoms with Crippen molar-refractivity contribution in [2.45, 2.75) is 0 Å². The molecule has 5 nitrogen and oxygen atoms in total. The van der Waals surface area contributed by atoms with Crippen LogP contribution in [0, 0.1) is 5.82 Å². The van der Waals surface area contributed by atoms with Crippen LogP contribution in [-0.2, 0) is 0 Å². The molecule has 0 unspecified atom stereocenters. The molecular formula is C15H11FN4O. The Morgan fingerprint density at radius 1 is 1.10 bits per heavy atom. The van der Waals surface area contributed by atoms with Crippen molar-refractivity contribution in [3.8, 4) is 11.4 Å². The van der Waals surface area contributed by atoms with Gasteiger partial charge in [0.25, 0.3) is 5.91 Å². The zero-order chi connectivity index (χ0) is 14.7. The fourth-order valence-corrected chi connectivity index (χ4v) is 1.85. The van der Waals surface area contributed by atoms with Crippen LogP contribution in [0.3, 0.4) is 0 Å². The lowest BCUT2D eigenvalue weighted by molar-refractivity contribution is 0.102. The predicted molar refractivity (Wildman–Crippen MR) is 76.2 cm³/mol. The second kappa shape index (κ2) is 5.54. The largest absolute Gasteiger partial charge is 0.321 e. The second-order valence-corrected chi connectivity index (χ2v) is 4.35. The van der Waals surface area contributed by atoms with Crippen molar-refractivity contribution in [1.29, 1.82) is 0 Å². The molecule has 104 valence electrons. The molecule has 21 heavy (non-hydrogen) atoms. The van der Waals surface area contributed by atoms with E-state index in [1.165, 1.54) is 18.2 Å². The zero-order valence-corrected chi connectivity index (χ0v) is 10.9. The fraction of sp³-hybridized carbons (Fsp3) is 0. The predicted octanol–water partition coefficient (Wildman–Crippen LogP) is 2.86. The summed E-state index contributed by atoms with van der Waals surface area (Å²) in [7, 11) is 0. The van der Waals surface area contributed by atoms with E-state index in [9.17, 15) is 9.18 Å². The van der Waals surface area contributed by atoms with Gasteiger partial charge in [-0.15, -0.1) is 0 Å². The lowest BCUT2D eigenvalue weighted by Crippen LogP contribution is -2.12. The number of benzene rings is 1. The van der Waals surface area contributed by atoms with E-state index < -0.39 is 11.7 Å². The third-order valence-corrected chi connectivity index (χ3v) is 2.83. The first-order chi connectivity index (χ1) is 10.2. The number of nitrogens with zero attached hydrogens (tertiary/aromatic N) is 2. The van der Waals surface area contributed by atoms with Gasteiger partial charge in [0.15, 0.2) is 0 Å². The summed E-state index contributed by atoms with van der Waals surface area (Å²) < 4.78 is 13.1. The van der Waals surface area contributed by atoms with Gasteiger partial charge >= 0.3 is 0 Å². The van der Waals surface area contributed by atoms with Crippen LogP contribution in [0.25, 0.3) is 11.4 Å². The Labute approximate surface area is 119 Å². The molecule has 0 bridgehead atoms. The number of nitrogens with one attached hydrogen (secondary N) is 2. The molecule has 0 aliphatic rings. The Balaban J connectivity index is 1.78. The first-order valence-electron chi connectivity index (χ1n) is 6.26. The Hall–Kier alpha value is -3.02. The minimum atomic E-state index is -0.411. The van der Waals surface area contributed by atoms with Gasteiger partial charge in [-0.1, -0.05) is 12.1 Å². The van der Waals surface area contributed by atoms with Crippen molar-refractivity contribution in [3.05, 3.63) is 66.2 Å². The van der Waals surface area contributed by atoms with Gasteiger partial charge in [0.1, 0.15) is 17.2 Å². The highest BCUT2D eigenvalue weighted by Crippen LogP contribution is 2.15. The van der Waals surface area contributed by atoms with Gasteiger partial charge in [0.2, 0.25) is 0 Å². The number of anilines is 1. The molecule has 0 aliphatic heterocycles. The Morgan fingerprint density at radius 3 is 2.76 bits per heavy atom. The smallest absolute Gasteiger partial charge is 0.273 e. The maximum Gasteiger partial charge on any atom is 0.273 e. The van der Waals surface area contributed by atoms with Gasteiger partial charge in [0.05, 0.1) is 5.69 Å². The van der Waals surface area contributed by atoms with E-state index in [0.717, 1.165) is 0 Å². The average Bonchev–Trinajstić information content (AvgIpc) is 2.98. The van der Waals surface area contributed by atoms with E-state index in [-0.39, 0.29) is 5.69 Å². The molecule has 0 atom stereocenters. The molecule has 1 amide bonds. The molecule has 1 aromatic carbocycles. The molecule has 3 aromatic rings. The number of aromatic nitrogens is 3. The Kier molecular flexibility index (Phi) is 3.42. The van der Waals surface area contributed by atoms with Gasteiger partial charge in [0, 0.05) is 11.9 Å². The standard InChI is InChI=1S/C15H11FN4O/c16-10-4-3-5-11(8-10)18-15(21)14-9-13(19-20-14)12-6-1-2-7-17-12/h1-9H,(H,18,21)(H,19,20). The molecule has 0 aliphatic carbocycles. The van der Waals surface area contributed by atoms with Gasteiger partial charge < -0.3 is 5.32 Å². The number of rotatable bonds is 3. The van der Waals surface area contributed by atoms with Crippen LogP contribution in [0.5, 0.6) is 0 Å². The van der Waals surface area contributed by atoms with E-state index in [4.69, 9.17) is 0 Å². The first-order valence-corrected chi connectivity index (χ1v) is 6.26. The third kappa shape index (κ3) is 2.94. The molecule has 0 spiro atoms. The third-order valence-electron chi connectivity index (χ3n) is 2.83. The average molecular weight is 282 g/mol. The topological polar surface area (TPSA) is 70.7 Å². The molecule has 0 saturated carbocycles. The number of halogens is 1. The monoisotopic (exact) mass is 282 g/mol. The number of hydrogen-bond acceptors (Lipinski definition) is 3. The fourth-order valence-electron chi connectivity index (χ4n) is 1.85. The van der Waals surface area contributed by atoms with Crippen molar-refractivity contribution >= 4 is 11.6 Å². The van der Waals surface area contributed by atoms with E-state index in [2.05, 4.69) is 20.5 Å². The number of carbonyl (C=O) groups excluding carboxylic acids is 1. The van der Waals surface area contributed by atoms with Gasteiger partial charge in [-0.3, -0.25) is 14.9 Å². The molecule has 0 saturated heterocycles. The molecule has 0 fully saturated rings. The lowest BCUT2D eigenvalue weighted by Gasteiger charge is -2.02. The van der Waals surface area contributed by atoms with E-state index in [1.807, 2.05) is 6.07 Å². The SMILES string of the molecule is O=C(Nc1cccc(F)c1)c1cc(-c2ccccn2)n[nH]1. The van der Waals surface area contributed by atoms with Crippen LogP contribution in [0.15, 0.2) is 54.7 Å². The summed E-state index contributed by atoms with van der Waals surface area (Å²) >= 11 is 0. The van der Waals surface area contributed by atoms with Crippen molar-refractivity contribution in [2.24, 2.45) is 0 Å². The summed E-state index contributed by atoms with van der Waals surface area (Å²) in [5.41, 5.74) is 1.90. The molecule has 3 rings (SSSR count). The summed E-state index contributed by atoms with van der Waals surface area (Å²) in [6.07, 6.45) is 1.65. The normalized spacial score (nSPS) is 10.3. The maximum absolute atomic E-state index is 13.1. The van der Waals surface area contributed by atoms with Crippen LogP contribution < -0.4 is 5.32 Å². The molecule has 6 heteroatoms. The highest BCUT2D eigenvalue weighted by molar-refractivity contribution is 6.03. The van der Waals surface area contributed by atoms with Crippen molar-refractivity contribution in [1.82, 2.24) is 15.2 Å². The van der Waals surface area contributed by atoms with Gasteiger partial charge in [-0.05, 0) is 36.4 Å². The van der Waals surface area contributed by atoms with E-state index >= 15 is 0 Å². The molecule has 2 N–H and O–H groups in total. The van der Waals surface area contributed by atoms with E-state index in [1.54, 1.807) is 30.5 Å². The first kappa shape index (κ1) is 13.0. The second-order valence-electron chi connectivity index (χ2n) is 4.35. The Bertz CT molecular complexity index is 770. The zero-order valence-electron chi connectivity index (χ0n) is 10.9. The van der Waals surface area contributed by atoms with E-state index in [0.29, 0.717) is 17.1 Å². The van der Waals surface area contributed by atoms with Crippen molar-refractivity contribution in [2.75, 3.05) is 5.32 Å². The Morgan fingerprint density at radius 2 is 2.00 bits per heavy atom. The molecule has 0 radical (unpaired) electrons. The summed E-state index contributed by atoms with van der Waals surface area (Å²) in [5, 5.41) is 9.28. The number of hydrogen-bond donors (Lipinski definition) is 2. The lowest BCUT2D eigenvalue weighted by atomic mass is 10.2. The number of H-pyrrole nitrogens is 1. The highest BCUT2D eigenvalue weighted by atomic mass is 19.1. The summed E-state index contributed by atoms with van der Waals surface area (Å²) in [5.74, 6) is -0.804. The minimum Gasteiger partial charge on any atom is -0.321 e. The number of pyridine rings is 1.